The van der Waals surface area contributed by atoms with Gasteiger partial charge in [0.1, 0.15) is 5.75 Å². The molecule has 2 atom stereocenters. The highest BCUT2D eigenvalue weighted by atomic mass is 32.2. The Morgan fingerprint density at radius 3 is 2.38 bits per heavy atom. The smallest absolute Gasteiger partial charge is 0.264 e. The second-order valence-electron chi connectivity index (χ2n) is 16.5. The maximum Gasteiger partial charge on any atom is 0.264 e. The number of sulfonamides is 1. The lowest BCUT2D eigenvalue weighted by molar-refractivity contribution is -0.0586. The molecule has 4 heterocycles. The molecule has 12 heteroatoms. The largest absolute Gasteiger partial charge is 0.497 e. The van der Waals surface area contributed by atoms with Gasteiger partial charge in [0, 0.05) is 35.1 Å². The Bertz CT molecular complexity index is 2270. The van der Waals surface area contributed by atoms with Crippen LogP contribution in [-0.2, 0) is 21.3 Å². The van der Waals surface area contributed by atoms with Crippen LogP contribution in [0.15, 0.2) is 42.6 Å². The van der Waals surface area contributed by atoms with Gasteiger partial charge in [-0.1, -0.05) is 39.2 Å². The molecule has 0 unspecified atom stereocenters. The summed E-state index contributed by atoms with van der Waals surface area (Å²) >= 11 is 0. The summed E-state index contributed by atoms with van der Waals surface area (Å²) in [6, 6.07) is 12.0. The zero-order valence-electron chi connectivity index (χ0n) is 32.6. The van der Waals surface area contributed by atoms with Crippen LogP contribution in [0.3, 0.4) is 0 Å². The molecule has 4 aromatic rings. The Morgan fingerprint density at radius 1 is 0.964 bits per heavy atom. The van der Waals surface area contributed by atoms with Crippen molar-refractivity contribution in [1.29, 1.82) is 0 Å². The van der Waals surface area contributed by atoms with Crippen molar-refractivity contribution < 1.29 is 27.5 Å². The quantitative estimate of drug-likeness (QED) is 0.184. The molecule has 55 heavy (non-hydrogen) atoms. The molecule has 1 N–H and O–H groups in total. The van der Waals surface area contributed by atoms with Gasteiger partial charge in [0.15, 0.2) is 0 Å². The van der Waals surface area contributed by atoms with Gasteiger partial charge >= 0.3 is 0 Å². The van der Waals surface area contributed by atoms with E-state index < -0.39 is 15.9 Å². The average Bonchev–Trinajstić information content (AvgIpc) is 3.63. The van der Waals surface area contributed by atoms with Crippen molar-refractivity contribution in [3.05, 3.63) is 70.5 Å². The van der Waals surface area contributed by atoms with Gasteiger partial charge < -0.3 is 18.9 Å². The van der Waals surface area contributed by atoms with Gasteiger partial charge in [-0.2, -0.15) is 5.10 Å². The maximum atomic E-state index is 14.6. The molecule has 2 aliphatic carbocycles. The first-order valence-corrected chi connectivity index (χ1v) is 21.7. The van der Waals surface area contributed by atoms with E-state index in [4.69, 9.17) is 14.6 Å². The molecule has 3 fully saturated rings. The molecule has 2 aromatic carbocycles. The highest BCUT2D eigenvalue weighted by Gasteiger charge is 2.36. The topological polar surface area (TPSA) is 125 Å². The van der Waals surface area contributed by atoms with Crippen LogP contribution in [-0.4, -0.2) is 77.6 Å². The molecule has 2 amide bonds. The summed E-state index contributed by atoms with van der Waals surface area (Å²) in [6.45, 7) is 9.06. The van der Waals surface area contributed by atoms with E-state index in [1.807, 2.05) is 50.8 Å². The summed E-state index contributed by atoms with van der Waals surface area (Å²) < 4.78 is 44.3. The van der Waals surface area contributed by atoms with Gasteiger partial charge in [0.25, 0.3) is 11.8 Å². The first kappa shape index (κ1) is 37.5. The van der Waals surface area contributed by atoms with Gasteiger partial charge in [-0.25, -0.2) is 13.1 Å². The zero-order chi connectivity index (χ0) is 38.6. The number of ether oxygens (including phenoxy) is 2. The summed E-state index contributed by atoms with van der Waals surface area (Å²) in [5.74, 6) is 0.0891. The van der Waals surface area contributed by atoms with E-state index in [-0.39, 0.29) is 41.4 Å². The van der Waals surface area contributed by atoms with E-state index >= 15 is 0 Å². The number of carbonyl (C=O) groups is 2. The van der Waals surface area contributed by atoms with Gasteiger partial charge in [-0.05, 0) is 111 Å². The third-order valence-electron chi connectivity index (χ3n) is 11.8. The van der Waals surface area contributed by atoms with Crippen LogP contribution in [0.5, 0.6) is 5.75 Å². The normalized spacial score (nSPS) is 20.8. The second-order valence-corrected chi connectivity index (χ2v) is 18.3. The Kier molecular flexibility index (Phi) is 10.2. The van der Waals surface area contributed by atoms with Crippen LogP contribution in [0.1, 0.15) is 129 Å². The molecular formula is C43H53N5O6S. The average molecular weight is 768 g/mol. The van der Waals surface area contributed by atoms with Gasteiger partial charge in [-0.15, -0.1) is 0 Å². The number of benzene rings is 2. The number of fused-ring (bicyclic) bond motifs is 5. The number of rotatable bonds is 9. The number of nitrogens with one attached hydrogen (secondary N) is 1. The van der Waals surface area contributed by atoms with Crippen LogP contribution < -0.4 is 9.46 Å². The predicted molar refractivity (Wildman–Crippen MR) is 215 cm³/mol. The van der Waals surface area contributed by atoms with Crippen LogP contribution in [0, 0.1) is 5.92 Å². The highest BCUT2D eigenvalue weighted by Crippen LogP contribution is 2.48. The Labute approximate surface area is 324 Å². The van der Waals surface area contributed by atoms with Crippen molar-refractivity contribution in [3.63, 3.8) is 0 Å². The monoisotopic (exact) mass is 767 g/mol. The fourth-order valence-corrected chi connectivity index (χ4v) is 10.6. The minimum Gasteiger partial charge on any atom is -0.497 e. The first-order chi connectivity index (χ1) is 26.4. The number of nitrogens with zero attached hydrogens (tertiary/aromatic N) is 4. The van der Waals surface area contributed by atoms with Crippen molar-refractivity contribution >= 4 is 44.4 Å². The fourth-order valence-electron chi connectivity index (χ4n) is 9.27. The molecular weight excluding hydrogens is 715 g/mol. The zero-order valence-corrected chi connectivity index (χ0v) is 33.5. The van der Waals surface area contributed by atoms with Crippen molar-refractivity contribution in [1.82, 2.24) is 24.0 Å². The van der Waals surface area contributed by atoms with Crippen molar-refractivity contribution in [2.45, 2.75) is 110 Å². The Hall–Kier alpha value is -4.42. The fraction of sp³-hybridized carbons (Fsp3) is 0.512. The lowest BCUT2D eigenvalue weighted by Crippen LogP contribution is -2.48. The maximum absolute atomic E-state index is 14.6. The van der Waals surface area contributed by atoms with E-state index in [0.717, 1.165) is 89.7 Å². The summed E-state index contributed by atoms with van der Waals surface area (Å²) in [5, 5.41) is 5.99. The summed E-state index contributed by atoms with van der Waals surface area (Å²) in [7, 11) is -2.15. The number of morpholine rings is 1. The minimum absolute atomic E-state index is 0.0550. The number of allylic oxidation sites excluding steroid dienone is 1. The first-order valence-electron chi connectivity index (χ1n) is 20.0. The van der Waals surface area contributed by atoms with E-state index in [9.17, 15) is 18.0 Å². The van der Waals surface area contributed by atoms with E-state index in [2.05, 4.69) is 32.2 Å². The van der Waals surface area contributed by atoms with E-state index in [1.54, 1.807) is 19.4 Å². The molecule has 4 aliphatic rings. The van der Waals surface area contributed by atoms with Gasteiger partial charge in [0.2, 0.25) is 10.0 Å². The minimum atomic E-state index is -3.82. The summed E-state index contributed by atoms with van der Waals surface area (Å²) in [4.78, 5) is 30.1. The van der Waals surface area contributed by atoms with Gasteiger partial charge in [-0.3, -0.25) is 14.3 Å². The third-order valence-corrected chi connectivity index (χ3v) is 13.4. The van der Waals surface area contributed by atoms with Crippen LogP contribution >= 0.6 is 0 Å². The van der Waals surface area contributed by atoms with E-state index in [0.29, 0.717) is 31.1 Å². The number of hydrogen-bond acceptors (Lipinski definition) is 7. The molecule has 0 spiro atoms. The van der Waals surface area contributed by atoms with Gasteiger partial charge in [0.05, 0.1) is 60.8 Å². The molecule has 1 saturated heterocycles. The van der Waals surface area contributed by atoms with Crippen molar-refractivity contribution in [2.24, 2.45) is 5.92 Å². The second kappa shape index (κ2) is 14.9. The summed E-state index contributed by atoms with van der Waals surface area (Å²) in [5.41, 5.74) is 7.87. The summed E-state index contributed by atoms with van der Waals surface area (Å²) in [6.07, 6.45) is 12.5. The highest BCUT2D eigenvalue weighted by molar-refractivity contribution is 7.90. The molecule has 0 radical (unpaired) electrons. The lowest BCUT2D eigenvalue weighted by Gasteiger charge is -2.35. The number of amides is 2. The van der Waals surface area contributed by atoms with E-state index in [1.165, 1.54) is 12.0 Å². The van der Waals surface area contributed by atoms with Crippen LogP contribution in [0.4, 0.5) is 0 Å². The molecule has 11 nitrogen and oxygen atoms in total. The molecule has 292 valence electrons. The number of aromatic nitrogens is 3. The molecule has 8 rings (SSSR count). The Balaban J connectivity index is 1.33. The third kappa shape index (κ3) is 7.23. The number of carbonyl (C=O) groups excluding carboxylic acids is 2. The van der Waals surface area contributed by atoms with Crippen molar-refractivity contribution in [2.75, 3.05) is 26.0 Å². The van der Waals surface area contributed by atoms with Crippen LogP contribution in [0.25, 0.3) is 33.8 Å². The lowest BCUT2D eigenvalue weighted by atomic mass is 9.81. The standard InChI is InChI=1S/C43H53N5O6S/c1-26(2)25-55(51,52)45-42(49)30-14-16-36-38(20-30)47-24-32(18-31-19-34(53-5)15-17-35(31)41(47)39(36)29-10-7-6-8-11-29)40-37(21-44-48(40)33-12-9-13-33)43(50)46-22-27(3)54-28(4)23-46/h14-21,26-29,33H,6-13,22-25H2,1-5H3,(H,45,49)/t27-,28+. The Morgan fingerprint density at radius 2 is 1.71 bits per heavy atom. The number of methoxy groups -OCH3 is 1. The molecule has 2 aliphatic heterocycles. The molecule has 2 saturated carbocycles. The SMILES string of the molecule is COc1ccc2c(c1)C=C(c1c(C(=O)N3C[C@@H](C)O[C@@H](C)C3)cnn1C1CCC1)Cn1c-2c(C2CCCCC2)c2ccc(C(=O)NS(=O)(=O)CC(C)C)cc21. The molecule has 2 aromatic heterocycles. The molecule has 0 bridgehead atoms. The van der Waals surface area contributed by atoms with Crippen LogP contribution in [0.2, 0.25) is 0 Å². The number of hydrogen-bond donors (Lipinski definition) is 1. The predicted octanol–water partition coefficient (Wildman–Crippen LogP) is 7.81. The van der Waals surface area contributed by atoms with Crippen molar-refractivity contribution in [3.8, 4) is 17.0 Å².